The zero-order valence-corrected chi connectivity index (χ0v) is 11.4. The number of nitrogens with two attached hydrogens (primary N) is 1. The number of nitrogens with zero attached hydrogens (tertiary/aromatic N) is 2. The van der Waals surface area contributed by atoms with Gasteiger partial charge in [0.1, 0.15) is 5.82 Å². The SMILES string of the molecule is CCc1cccnc1C(Cc1cccnc1N)NC. The molecule has 2 aromatic rings. The first kappa shape index (κ1) is 13.5. The van der Waals surface area contributed by atoms with Crippen LogP contribution in [-0.2, 0) is 12.8 Å². The third kappa shape index (κ3) is 3.09. The van der Waals surface area contributed by atoms with Crippen molar-refractivity contribution in [1.29, 1.82) is 0 Å². The Balaban J connectivity index is 2.28. The van der Waals surface area contributed by atoms with Crippen LogP contribution in [0.15, 0.2) is 36.7 Å². The minimum Gasteiger partial charge on any atom is -0.383 e. The topological polar surface area (TPSA) is 63.8 Å². The maximum absolute atomic E-state index is 5.91. The lowest BCUT2D eigenvalue weighted by Gasteiger charge is -2.19. The second kappa shape index (κ2) is 6.29. The molecule has 0 saturated carbocycles. The van der Waals surface area contributed by atoms with Gasteiger partial charge in [-0.1, -0.05) is 19.1 Å². The summed E-state index contributed by atoms with van der Waals surface area (Å²) in [5, 5.41) is 3.32. The monoisotopic (exact) mass is 256 g/mol. The van der Waals surface area contributed by atoms with Crippen LogP contribution >= 0.6 is 0 Å². The van der Waals surface area contributed by atoms with Crippen molar-refractivity contribution < 1.29 is 0 Å². The number of hydrogen-bond acceptors (Lipinski definition) is 4. The lowest BCUT2D eigenvalue weighted by molar-refractivity contribution is 0.570. The summed E-state index contributed by atoms with van der Waals surface area (Å²) in [5.74, 6) is 0.594. The van der Waals surface area contributed by atoms with Crippen molar-refractivity contribution in [1.82, 2.24) is 15.3 Å². The van der Waals surface area contributed by atoms with Gasteiger partial charge in [0.25, 0.3) is 0 Å². The van der Waals surface area contributed by atoms with Crippen molar-refractivity contribution in [3.05, 3.63) is 53.5 Å². The summed E-state index contributed by atoms with van der Waals surface area (Å²) >= 11 is 0. The lowest BCUT2D eigenvalue weighted by Crippen LogP contribution is -2.22. The summed E-state index contributed by atoms with van der Waals surface area (Å²) in [5.41, 5.74) is 9.32. The van der Waals surface area contributed by atoms with Crippen LogP contribution in [0.3, 0.4) is 0 Å². The molecule has 0 aromatic carbocycles. The molecule has 4 nitrogen and oxygen atoms in total. The molecule has 0 radical (unpaired) electrons. The van der Waals surface area contributed by atoms with E-state index in [9.17, 15) is 0 Å². The molecule has 0 aliphatic carbocycles. The Labute approximate surface area is 114 Å². The van der Waals surface area contributed by atoms with Gasteiger partial charge < -0.3 is 11.1 Å². The zero-order valence-electron chi connectivity index (χ0n) is 11.4. The molecular formula is C15H20N4. The standard InChI is InChI=1S/C15H20N4/c1-3-11-6-4-8-18-14(11)13(17-2)10-12-7-5-9-19-15(12)16/h4-9,13,17H,3,10H2,1-2H3,(H2,16,19). The third-order valence-electron chi connectivity index (χ3n) is 3.34. The summed E-state index contributed by atoms with van der Waals surface area (Å²) in [6, 6.07) is 8.19. The second-order valence-electron chi connectivity index (χ2n) is 4.49. The zero-order chi connectivity index (χ0) is 13.7. The normalized spacial score (nSPS) is 12.3. The quantitative estimate of drug-likeness (QED) is 0.860. The highest BCUT2D eigenvalue weighted by atomic mass is 14.9. The summed E-state index contributed by atoms with van der Waals surface area (Å²) in [6.45, 7) is 2.14. The molecule has 2 rings (SSSR count). The van der Waals surface area contributed by atoms with E-state index in [1.54, 1.807) is 6.20 Å². The van der Waals surface area contributed by atoms with E-state index < -0.39 is 0 Å². The van der Waals surface area contributed by atoms with Gasteiger partial charge in [0, 0.05) is 12.4 Å². The minimum absolute atomic E-state index is 0.155. The number of pyridine rings is 2. The summed E-state index contributed by atoms with van der Waals surface area (Å²) < 4.78 is 0. The molecule has 4 heteroatoms. The first-order valence-corrected chi connectivity index (χ1v) is 6.56. The average Bonchev–Trinajstić information content (AvgIpc) is 2.46. The van der Waals surface area contributed by atoms with Crippen molar-refractivity contribution >= 4 is 5.82 Å². The Hall–Kier alpha value is -1.94. The first-order valence-electron chi connectivity index (χ1n) is 6.56. The summed E-state index contributed by atoms with van der Waals surface area (Å²) in [4.78, 5) is 8.66. The van der Waals surface area contributed by atoms with Gasteiger partial charge in [0.05, 0.1) is 11.7 Å². The van der Waals surface area contributed by atoms with E-state index in [1.807, 2.05) is 31.4 Å². The smallest absolute Gasteiger partial charge is 0.126 e. The van der Waals surface area contributed by atoms with Gasteiger partial charge in [-0.25, -0.2) is 4.98 Å². The minimum atomic E-state index is 0.155. The number of nitrogens with one attached hydrogen (secondary N) is 1. The number of rotatable bonds is 5. The van der Waals surface area contributed by atoms with Crippen molar-refractivity contribution in [2.75, 3.05) is 12.8 Å². The van der Waals surface area contributed by atoms with E-state index in [0.29, 0.717) is 5.82 Å². The Kier molecular flexibility index (Phi) is 4.47. The first-order chi connectivity index (χ1) is 9.26. The van der Waals surface area contributed by atoms with Gasteiger partial charge >= 0.3 is 0 Å². The van der Waals surface area contributed by atoms with Gasteiger partial charge in [-0.05, 0) is 43.1 Å². The van der Waals surface area contributed by atoms with E-state index in [2.05, 4.69) is 28.3 Å². The molecule has 0 fully saturated rings. The maximum atomic E-state index is 5.91. The molecule has 3 N–H and O–H groups in total. The Morgan fingerprint density at radius 2 is 1.84 bits per heavy atom. The van der Waals surface area contributed by atoms with E-state index >= 15 is 0 Å². The molecule has 100 valence electrons. The highest BCUT2D eigenvalue weighted by Gasteiger charge is 2.16. The van der Waals surface area contributed by atoms with Crippen LogP contribution in [0.4, 0.5) is 5.82 Å². The van der Waals surface area contributed by atoms with E-state index in [-0.39, 0.29) is 6.04 Å². The van der Waals surface area contributed by atoms with Gasteiger partial charge in [0.2, 0.25) is 0 Å². The fraction of sp³-hybridized carbons (Fsp3) is 0.333. The number of likely N-dealkylation sites (N-methyl/N-ethyl adjacent to an activating group) is 1. The van der Waals surface area contributed by atoms with Crippen molar-refractivity contribution in [3.8, 4) is 0 Å². The Morgan fingerprint density at radius 1 is 1.16 bits per heavy atom. The van der Waals surface area contributed by atoms with E-state index in [4.69, 9.17) is 5.73 Å². The molecular weight excluding hydrogens is 236 g/mol. The highest BCUT2D eigenvalue weighted by Crippen LogP contribution is 2.22. The van der Waals surface area contributed by atoms with Crippen molar-refractivity contribution in [2.24, 2.45) is 0 Å². The highest BCUT2D eigenvalue weighted by molar-refractivity contribution is 5.40. The van der Waals surface area contributed by atoms with Gasteiger partial charge in [-0.3, -0.25) is 4.98 Å². The van der Waals surface area contributed by atoms with E-state index in [0.717, 1.165) is 24.1 Å². The van der Waals surface area contributed by atoms with Crippen LogP contribution in [0.5, 0.6) is 0 Å². The summed E-state index contributed by atoms with van der Waals surface area (Å²) in [7, 11) is 1.95. The van der Waals surface area contributed by atoms with Crippen LogP contribution in [0.25, 0.3) is 0 Å². The largest absolute Gasteiger partial charge is 0.383 e. The number of anilines is 1. The van der Waals surface area contributed by atoms with Crippen LogP contribution in [0.1, 0.15) is 29.8 Å². The molecule has 0 aliphatic rings. The predicted octanol–water partition coefficient (Wildman–Crippen LogP) is 2.12. The molecule has 19 heavy (non-hydrogen) atoms. The van der Waals surface area contributed by atoms with Gasteiger partial charge in [-0.2, -0.15) is 0 Å². The van der Waals surface area contributed by atoms with Crippen LogP contribution in [-0.4, -0.2) is 17.0 Å². The molecule has 0 saturated heterocycles. The van der Waals surface area contributed by atoms with Crippen LogP contribution in [0, 0.1) is 0 Å². The number of nitrogen functional groups attached to an aromatic ring is 1. The molecule has 1 unspecified atom stereocenters. The summed E-state index contributed by atoms with van der Waals surface area (Å²) in [6.07, 6.45) is 5.32. The number of hydrogen-bond donors (Lipinski definition) is 2. The molecule has 0 spiro atoms. The van der Waals surface area contributed by atoms with Gasteiger partial charge in [-0.15, -0.1) is 0 Å². The molecule has 0 bridgehead atoms. The van der Waals surface area contributed by atoms with Crippen LogP contribution in [0.2, 0.25) is 0 Å². The second-order valence-corrected chi connectivity index (χ2v) is 4.49. The van der Waals surface area contributed by atoms with Crippen molar-refractivity contribution in [3.63, 3.8) is 0 Å². The lowest BCUT2D eigenvalue weighted by atomic mass is 9.99. The average molecular weight is 256 g/mol. The Bertz CT molecular complexity index is 539. The fourth-order valence-electron chi connectivity index (χ4n) is 2.24. The van der Waals surface area contributed by atoms with Gasteiger partial charge in [0.15, 0.2) is 0 Å². The van der Waals surface area contributed by atoms with E-state index in [1.165, 1.54) is 5.56 Å². The third-order valence-corrected chi connectivity index (χ3v) is 3.34. The predicted molar refractivity (Wildman–Crippen MR) is 77.8 cm³/mol. The number of aryl methyl sites for hydroxylation is 1. The molecule has 0 aliphatic heterocycles. The van der Waals surface area contributed by atoms with Crippen molar-refractivity contribution in [2.45, 2.75) is 25.8 Å². The fourth-order valence-corrected chi connectivity index (χ4v) is 2.24. The molecule has 2 aromatic heterocycles. The van der Waals surface area contributed by atoms with Crippen LogP contribution < -0.4 is 11.1 Å². The molecule has 2 heterocycles. The maximum Gasteiger partial charge on any atom is 0.126 e. The molecule has 0 amide bonds. The number of aromatic nitrogens is 2. The Morgan fingerprint density at radius 3 is 2.47 bits per heavy atom. The molecule has 1 atom stereocenters.